The molecule has 0 spiro atoms. The van der Waals surface area contributed by atoms with Crippen molar-refractivity contribution in [1.82, 2.24) is 5.32 Å². The molecule has 92 valence electrons. The van der Waals surface area contributed by atoms with Crippen LogP contribution in [0, 0.1) is 0 Å². The molecule has 16 heavy (non-hydrogen) atoms. The van der Waals surface area contributed by atoms with Gasteiger partial charge in [-0.25, -0.2) is 0 Å². The predicted octanol–water partition coefficient (Wildman–Crippen LogP) is 1.13. The first kappa shape index (κ1) is 13.4. The maximum absolute atomic E-state index is 11.5. The van der Waals surface area contributed by atoms with Gasteiger partial charge in [0.25, 0.3) is 0 Å². The Bertz CT molecular complexity index is 240. The van der Waals surface area contributed by atoms with Crippen molar-refractivity contribution in [3.05, 3.63) is 0 Å². The Kier molecular flexibility index (Phi) is 6.33. The quantitative estimate of drug-likeness (QED) is 0.543. The Labute approximate surface area is 102 Å². The van der Waals surface area contributed by atoms with Crippen LogP contribution in [0.1, 0.15) is 38.5 Å². The molecule has 1 fully saturated rings. The van der Waals surface area contributed by atoms with E-state index in [1.807, 2.05) is 0 Å². The molecule has 5 heteroatoms. The van der Waals surface area contributed by atoms with Crippen LogP contribution in [0.2, 0.25) is 0 Å². The Morgan fingerprint density at radius 3 is 2.94 bits per heavy atom. The normalized spacial score (nSPS) is 20.4. The largest absolute Gasteiger partial charge is 0.393 e. The number of hydrogen-bond acceptors (Lipinski definition) is 3. The second kappa shape index (κ2) is 7.57. The van der Waals surface area contributed by atoms with Crippen molar-refractivity contribution in [2.24, 2.45) is 5.73 Å². The average Bonchev–Trinajstić information content (AvgIpc) is 2.25. The summed E-state index contributed by atoms with van der Waals surface area (Å²) in [7, 11) is 0. The van der Waals surface area contributed by atoms with Gasteiger partial charge in [-0.3, -0.25) is 4.79 Å². The average molecular weight is 244 g/mol. The van der Waals surface area contributed by atoms with Gasteiger partial charge in [0.05, 0.1) is 17.5 Å². The number of rotatable bonds is 6. The smallest absolute Gasteiger partial charge is 0.222 e. The molecule has 1 aliphatic rings. The molecular weight excluding hydrogens is 224 g/mol. The lowest BCUT2D eigenvalue weighted by Crippen LogP contribution is -2.31. The van der Waals surface area contributed by atoms with E-state index in [9.17, 15) is 4.79 Å². The molecule has 3 N–H and O–H groups in total. The van der Waals surface area contributed by atoms with Gasteiger partial charge in [-0.2, -0.15) is 0 Å². The lowest BCUT2D eigenvalue weighted by atomic mass is 10.1. The summed E-state index contributed by atoms with van der Waals surface area (Å²) in [6.45, 7) is 1.43. The van der Waals surface area contributed by atoms with E-state index < -0.39 is 0 Å². The molecule has 0 aromatic rings. The van der Waals surface area contributed by atoms with Gasteiger partial charge < -0.3 is 15.8 Å². The standard InChI is InChI=1S/C11H20N2O2S/c12-10(16)5-3-6-13-11(14)8-9-4-1-2-7-15-9/h9H,1-8H2,(H2,12,16)(H,13,14). The van der Waals surface area contributed by atoms with Crippen LogP contribution >= 0.6 is 12.2 Å². The highest BCUT2D eigenvalue weighted by atomic mass is 32.1. The van der Waals surface area contributed by atoms with Crippen LogP contribution in [0.3, 0.4) is 0 Å². The van der Waals surface area contributed by atoms with Gasteiger partial charge >= 0.3 is 0 Å². The van der Waals surface area contributed by atoms with Gasteiger partial charge in [0.2, 0.25) is 5.91 Å². The second-order valence-corrected chi connectivity index (χ2v) is 4.64. The first-order chi connectivity index (χ1) is 7.68. The van der Waals surface area contributed by atoms with E-state index in [1.54, 1.807) is 0 Å². The molecule has 1 heterocycles. The predicted molar refractivity (Wildman–Crippen MR) is 67.2 cm³/mol. The molecule has 0 aromatic heterocycles. The van der Waals surface area contributed by atoms with Gasteiger partial charge in [0.1, 0.15) is 0 Å². The zero-order valence-corrected chi connectivity index (χ0v) is 10.4. The third-order valence-corrected chi connectivity index (χ3v) is 2.81. The van der Waals surface area contributed by atoms with Gasteiger partial charge in [-0.15, -0.1) is 0 Å². The van der Waals surface area contributed by atoms with E-state index in [4.69, 9.17) is 22.7 Å². The molecule has 1 amide bonds. The molecule has 1 saturated heterocycles. The number of hydrogen-bond donors (Lipinski definition) is 2. The minimum atomic E-state index is 0.0647. The molecule has 0 saturated carbocycles. The summed E-state index contributed by atoms with van der Waals surface area (Å²) in [6, 6.07) is 0. The Morgan fingerprint density at radius 2 is 2.31 bits per heavy atom. The number of nitrogens with two attached hydrogens (primary N) is 1. The number of nitrogens with one attached hydrogen (secondary N) is 1. The van der Waals surface area contributed by atoms with Crippen LogP contribution in [0.25, 0.3) is 0 Å². The van der Waals surface area contributed by atoms with Crippen molar-refractivity contribution in [2.45, 2.75) is 44.6 Å². The summed E-state index contributed by atoms with van der Waals surface area (Å²) < 4.78 is 5.49. The first-order valence-electron chi connectivity index (χ1n) is 5.85. The molecule has 0 aromatic carbocycles. The summed E-state index contributed by atoms with van der Waals surface area (Å²) in [5, 5.41) is 2.85. The molecular formula is C11H20N2O2S. The molecule has 0 bridgehead atoms. The van der Waals surface area contributed by atoms with Crippen molar-refractivity contribution < 1.29 is 9.53 Å². The summed E-state index contributed by atoms with van der Waals surface area (Å²) >= 11 is 4.75. The van der Waals surface area contributed by atoms with Crippen molar-refractivity contribution >= 4 is 23.1 Å². The molecule has 1 aliphatic heterocycles. The number of carbonyl (C=O) groups is 1. The Balaban J connectivity index is 2.03. The van der Waals surface area contributed by atoms with E-state index in [0.29, 0.717) is 24.4 Å². The summed E-state index contributed by atoms with van der Waals surface area (Å²) in [5.74, 6) is 0.0647. The van der Waals surface area contributed by atoms with Crippen LogP contribution in [0.5, 0.6) is 0 Å². The highest BCUT2D eigenvalue weighted by molar-refractivity contribution is 7.80. The molecule has 1 unspecified atom stereocenters. The molecule has 0 aliphatic carbocycles. The fourth-order valence-corrected chi connectivity index (χ4v) is 1.88. The number of ether oxygens (including phenoxy) is 1. The zero-order valence-electron chi connectivity index (χ0n) is 9.54. The number of carbonyl (C=O) groups excluding carboxylic acids is 1. The zero-order chi connectivity index (χ0) is 11.8. The summed E-state index contributed by atoms with van der Waals surface area (Å²) in [6.07, 6.45) is 5.38. The maximum atomic E-state index is 11.5. The minimum absolute atomic E-state index is 0.0647. The van der Waals surface area contributed by atoms with E-state index >= 15 is 0 Å². The van der Waals surface area contributed by atoms with Crippen LogP contribution in [0.4, 0.5) is 0 Å². The van der Waals surface area contributed by atoms with Gasteiger partial charge in [0.15, 0.2) is 0 Å². The Morgan fingerprint density at radius 1 is 1.50 bits per heavy atom. The fraction of sp³-hybridized carbons (Fsp3) is 0.818. The summed E-state index contributed by atoms with van der Waals surface area (Å²) in [5.41, 5.74) is 5.36. The SMILES string of the molecule is NC(=S)CCCNC(=O)CC1CCCCO1. The third kappa shape index (κ3) is 6.02. The summed E-state index contributed by atoms with van der Waals surface area (Å²) in [4.78, 5) is 12.0. The number of amides is 1. The highest BCUT2D eigenvalue weighted by Crippen LogP contribution is 2.15. The van der Waals surface area contributed by atoms with Gasteiger partial charge in [-0.05, 0) is 32.1 Å². The van der Waals surface area contributed by atoms with Crippen LogP contribution < -0.4 is 11.1 Å². The van der Waals surface area contributed by atoms with E-state index in [-0.39, 0.29) is 12.0 Å². The monoisotopic (exact) mass is 244 g/mol. The molecule has 0 radical (unpaired) electrons. The van der Waals surface area contributed by atoms with E-state index in [1.165, 1.54) is 6.42 Å². The third-order valence-electron chi connectivity index (χ3n) is 2.61. The molecule has 4 nitrogen and oxygen atoms in total. The number of thiocarbonyl (C=S) groups is 1. The van der Waals surface area contributed by atoms with E-state index in [2.05, 4.69) is 5.32 Å². The van der Waals surface area contributed by atoms with Crippen molar-refractivity contribution in [2.75, 3.05) is 13.2 Å². The second-order valence-electron chi connectivity index (χ2n) is 4.11. The molecule has 1 atom stereocenters. The van der Waals surface area contributed by atoms with Crippen molar-refractivity contribution in [3.8, 4) is 0 Å². The topological polar surface area (TPSA) is 64.3 Å². The maximum Gasteiger partial charge on any atom is 0.222 e. The molecule has 1 rings (SSSR count). The van der Waals surface area contributed by atoms with Crippen molar-refractivity contribution in [3.63, 3.8) is 0 Å². The van der Waals surface area contributed by atoms with Crippen molar-refractivity contribution in [1.29, 1.82) is 0 Å². The fourth-order valence-electron chi connectivity index (χ4n) is 1.74. The highest BCUT2D eigenvalue weighted by Gasteiger charge is 2.16. The lowest BCUT2D eigenvalue weighted by Gasteiger charge is -2.21. The van der Waals surface area contributed by atoms with Gasteiger partial charge in [0, 0.05) is 13.2 Å². The van der Waals surface area contributed by atoms with Crippen LogP contribution in [-0.2, 0) is 9.53 Å². The van der Waals surface area contributed by atoms with Crippen LogP contribution in [0.15, 0.2) is 0 Å². The lowest BCUT2D eigenvalue weighted by molar-refractivity contribution is -0.124. The minimum Gasteiger partial charge on any atom is -0.393 e. The first-order valence-corrected chi connectivity index (χ1v) is 6.26. The van der Waals surface area contributed by atoms with E-state index in [0.717, 1.165) is 25.9 Å². The Hall–Kier alpha value is -0.680. The van der Waals surface area contributed by atoms with Crippen LogP contribution in [-0.4, -0.2) is 30.2 Å². The van der Waals surface area contributed by atoms with Gasteiger partial charge in [-0.1, -0.05) is 12.2 Å².